The Labute approximate surface area is 149 Å². The molecule has 4 N–H and O–H groups in total. The summed E-state index contributed by atoms with van der Waals surface area (Å²) in [5, 5.41) is 23.4. The van der Waals surface area contributed by atoms with E-state index in [0.29, 0.717) is 6.54 Å². The maximum absolute atomic E-state index is 12.8. The number of likely N-dealkylation sites (tertiary alicyclic amines) is 1. The number of carbonyl (C=O) groups is 4. The van der Waals surface area contributed by atoms with Crippen LogP contribution < -0.4 is 16.4 Å². The molecular formula is C16H18N6O4. The molecule has 4 unspecified atom stereocenters. The van der Waals surface area contributed by atoms with Crippen LogP contribution in [0.2, 0.25) is 0 Å². The lowest BCUT2D eigenvalue weighted by atomic mass is 9.85. The summed E-state index contributed by atoms with van der Waals surface area (Å²) in [5.41, 5.74) is 2.03. The molecule has 0 bridgehead atoms. The zero-order valence-electron chi connectivity index (χ0n) is 14.3. The Kier molecular flexibility index (Phi) is 3.78. The Morgan fingerprint density at radius 2 is 1.85 bits per heavy atom. The van der Waals surface area contributed by atoms with Crippen molar-refractivity contribution in [3.63, 3.8) is 0 Å². The molecule has 10 nitrogen and oxygen atoms in total. The molecule has 3 fully saturated rings. The first-order valence-corrected chi connectivity index (χ1v) is 8.13. The van der Waals surface area contributed by atoms with Crippen molar-refractivity contribution >= 4 is 23.5 Å². The largest absolute Gasteiger partial charge is 0.368 e. The average Bonchev–Trinajstić information content (AvgIpc) is 2.99. The maximum atomic E-state index is 12.8. The number of nitrogens with one attached hydrogen (secondary N) is 2. The van der Waals surface area contributed by atoms with Crippen LogP contribution in [0.4, 0.5) is 0 Å². The number of hydrogen-bond acceptors (Lipinski definition) is 7. The first kappa shape index (κ1) is 17.8. The molecule has 0 aromatic rings. The van der Waals surface area contributed by atoms with Gasteiger partial charge < -0.3 is 16.0 Å². The molecule has 1 aliphatic carbocycles. The van der Waals surface area contributed by atoms with Crippen LogP contribution in [-0.4, -0.2) is 53.7 Å². The predicted octanol–water partition coefficient (Wildman–Crippen LogP) is -2.40. The van der Waals surface area contributed by atoms with Gasteiger partial charge in [0.05, 0.1) is 30.1 Å². The second kappa shape index (κ2) is 5.51. The van der Waals surface area contributed by atoms with Crippen molar-refractivity contribution in [3.8, 4) is 12.1 Å². The Morgan fingerprint density at radius 3 is 2.31 bits per heavy atom. The van der Waals surface area contributed by atoms with E-state index in [-0.39, 0.29) is 6.54 Å². The Morgan fingerprint density at radius 1 is 1.23 bits per heavy atom. The van der Waals surface area contributed by atoms with Crippen molar-refractivity contribution < 1.29 is 19.2 Å². The number of nitrogens with zero attached hydrogens (tertiary/aromatic N) is 3. The highest BCUT2D eigenvalue weighted by Crippen LogP contribution is 2.61. The van der Waals surface area contributed by atoms with Crippen LogP contribution in [0.15, 0.2) is 0 Å². The molecular weight excluding hydrogens is 340 g/mol. The summed E-state index contributed by atoms with van der Waals surface area (Å²) < 4.78 is 0. The minimum absolute atomic E-state index is 0.00973. The van der Waals surface area contributed by atoms with E-state index in [9.17, 15) is 19.2 Å². The smallest absolute Gasteiger partial charge is 0.241 e. The number of amides is 3. The minimum Gasteiger partial charge on any atom is -0.368 e. The van der Waals surface area contributed by atoms with Crippen LogP contribution >= 0.6 is 0 Å². The predicted molar refractivity (Wildman–Crippen MR) is 84.1 cm³/mol. The molecule has 3 aliphatic rings. The SMILES string of the molecule is C[C@]1(C(=O)NC2NCC2C#N)C(=O)[C@]1(C)C(=O)N1CC(C#N)C1C(N)=O. The van der Waals surface area contributed by atoms with Crippen molar-refractivity contribution in [3.05, 3.63) is 0 Å². The zero-order valence-corrected chi connectivity index (χ0v) is 14.3. The van der Waals surface area contributed by atoms with Crippen LogP contribution in [0.3, 0.4) is 0 Å². The van der Waals surface area contributed by atoms with Crippen molar-refractivity contribution in [1.82, 2.24) is 15.5 Å². The van der Waals surface area contributed by atoms with Gasteiger partial charge in [-0.05, 0) is 13.8 Å². The van der Waals surface area contributed by atoms with E-state index in [1.165, 1.54) is 13.8 Å². The fraction of sp³-hybridized carbons (Fsp3) is 0.625. The Hall–Kier alpha value is -2.98. The summed E-state index contributed by atoms with van der Waals surface area (Å²) in [6, 6.07) is 2.83. The normalized spacial score (nSPS) is 40.3. The standard InChI is InChI=1S/C16H18N6O4/c1-15(13(25)21-11-7(3-17)5-20-11)12(24)16(15,2)14(26)22-6-8(4-18)9(22)10(19)23/h7-9,11,20H,5-6H2,1-2H3,(H2,19,23)(H,21,25)/t7?,8?,9?,11?,15-,16-/m1/s1. The molecule has 10 heteroatoms. The van der Waals surface area contributed by atoms with Gasteiger partial charge in [-0.3, -0.25) is 24.5 Å². The zero-order chi connectivity index (χ0) is 19.4. The lowest BCUT2D eigenvalue weighted by Crippen LogP contribution is -2.65. The van der Waals surface area contributed by atoms with E-state index in [1.807, 2.05) is 12.1 Å². The fourth-order valence-electron chi connectivity index (χ4n) is 3.66. The number of ketones is 1. The third-order valence-electron chi connectivity index (χ3n) is 5.97. The highest BCUT2D eigenvalue weighted by Gasteiger charge is 2.81. The quantitative estimate of drug-likeness (QED) is 0.470. The molecule has 0 aromatic heterocycles. The molecule has 136 valence electrons. The van der Waals surface area contributed by atoms with Gasteiger partial charge in [-0.25, -0.2) is 0 Å². The second-order valence-electron chi connectivity index (χ2n) is 7.21. The second-order valence-corrected chi connectivity index (χ2v) is 7.21. The maximum Gasteiger partial charge on any atom is 0.241 e. The van der Waals surface area contributed by atoms with E-state index in [0.717, 1.165) is 4.90 Å². The average molecular weight is 358 g/mol. The number of carbonyl (C=O) groups excluding carboxylic acids is 4. The summed E-state index contributed by atoms with van der Waals surface area (Å²) in [7, 11) is 0. The topological polar surface area (TPSA) is 169 Å². The van der Waals surface area contributed by atoms with Gasteiger partial charge in [0.1, 0.15) is 16.9 Å². The van der Waals surface area contributed by atoms with Crippen LogP contribution in [0.5, 0.6) is 0 Å². The molecule has 0 aromatic carbocycles. The summed E-state index contributed by atoms with van der Waals surface area (Å²) in [5.74, 6) is -3.84. The van der Waals surface area contributed by atoms with Crippen molar-refractivity contribution in [1.29, 1.82) is 10.5 Å². The third-order valence-corrected chi connectivity index (χ3v) is 5.97. The highest BCUT2D eigenvalue weighted by atomic mass is 16.2. The number of Topliss-reactive ketones (excluding diaryl/α,β-unsaturated/α-hetero) is 1. The van der Waals surface area contributed by atoms with Crippen molar-refractivity contribution in [2.75, 3.05) is 13.1 Å². The van der Waals surface area contributed by atoms with Crippen LogP contribution in [-0.2, 0) is 19.2 Å². The molecule has 0 radical (unpaired) electrons. The number of primary amides is 1. The number of nitrogens with two attached hydrogens (primary N) is 1. The number of hydrogen-bond donors (Lipinski definition) is 3. The molecule has 1 saturated carbocycles. The van der Waals surface area contributed by atoms with Gasteiger partial charge in [0.15, 0.2) is 5.78 Å². The van der Waals surface area contributed by atoms with E-state index in [2.05, 4.69) is 10.6 Å². The van der Waals surface area contributed by atoms with Gasteiger partial charge in [-0.1, -0.05) is 0 Å². The summed E-state index contributed by atoms with van der Waals surface area (Å²) in [6.45, 7) is 3.14. The number of rotatable bonds is 4. The Bertz CT molecular complexity index is 813. The monoisotopic (exact) mass is 358 g/mol. The van der Waals surface area contributed by atoms with E-state index in [4.69, 9.17) is 16.3 Å². The summed E-state index contributed by atoms with van der Waals surface area (Å²) in [6.07, 6.45) is -0.567. The molecule has 3 rings (SSSR count). The molecule has 2 heterocycles. The van der Waals surface area contributed by atoms with Gasteiger partial charge in [-0.15, -0.1) is 0 Å². The van der Waals surface area contributed by atoms with Gasteiger partial charge in [-0.2, -0.15) is 10.5 Å². The molecule has 2 aliphatic heterocycles. The summed E-state index contributed by atoms with van der Waals surface area (Å²) in [4.78, 5) is 50.5. The third kappa shape index (κ3) is 1.99. The lowest BCUT2D eigenvalue weighted by Gasteiger charge is -2.44. The van der Waals surface area contributed by atoms with E-state index in [1.54, 1.807) is 0 Å². The van der Waals surface area contributed by atoms with Crippen LogP contribution in [0.25, 0.3) is 0 Å². The van der Waals surface area contributed by atoms with Gasteiger partial charge in [0.2, 0.25) is 17.7 Å². The molecule has 6 atom stereocenters. The highest BCUT2D eigenvalue weighted by molar-refractivity contribution is 6.33. The van der Waals surface area contributed by atoms with Gasteiger partial charge in [0.25, 0.3) is 0 Å². The number of nitriles is 2. The first-order valence-electron chi connectivity index (χ1n) is 8.13. The minimum atomic E-state index is -1.63. The van der Waals surface area contributed by atoms with E-state index >= 15 is 0 Å². The van der Waals surface area contributed by atoms with Crippen LogP contribution in [0, 0.1) is 45.3 Å². The van der Waals surface area contributed by atoms with Crippen molar-refractivity contribution in [2.45, 2.75) is 26.1 Å². The molecule has 0 spiro atoms. The lowest BCUT2D eigenvalue weighted by molar-refractivity contribution is -0.156. The van der Waals surface area contributed by atoms with Crippen LogP contribution in [0.1, 0.15) is 13.8 Å². The summed E-state index contributed by atoms with van der Waals surface area (Å²) >= 11 is 0. The van der Waals surface area contributed by atoms with E-state index < -0.39 is 58.4 Å². The first-order chi connectivity index (χ1) is 12.1. The van der Waals surface area contributed by atoms with Gasteiger partial charge >= 0.3 is 0 Å². The molecule has 26 heavy (non-hydrogen) atoms. The van der Waals surface area contributed by atoms with Crippen molar-refractivity contribution in [2.24, 2.45) is 28.4 Å². The Balaban J connectivity index is 1.76. The fourth-order valence-corrected chi connectivity index (χ4v) is 3.66. The van der Waals surface area contributed by atoms with Gasteiger partial charge in [0, 0.05) is 13.1 Å². The molecule has 3 amide bonds. The molecule has 2 saturated heterocycles.